The number of rotatable bonds is 10. The number of likely N-dealkylation sites (N-methyl/N-ethyl adjacent to an activating group) is 1. The summed E-state index contributed by atoms with van der Waals surface area (Å²) >= 11 is 12.2. The van der Waals surface area contributed by atoms with E-state index in [1.165, 1.54) is 11.0 Å². The minimum absolute atomic E-state index is 0.0744. The molecule has 35 heavy (non-hydrogen) atoms. The molecule has 182 valence electrons. The fraction of sp³-hybridized carbons (Fsp3) is 0.231. The van der Waals surface area contributed by atoms with Gasteiger partial charge < -0.3 is 10.2 Å². The summed E-state index contributed by atoms with van der Waals surface area (Å²) in [6.45, 7) is 2.27. The molecule has 3 rings (SSSR count). The van der Waals surface area contributed by atoms with Crippen molar-refractivity contribution in [3.63, 3.8) is 0 Å². The largest absolute Gasteiger partial charge is 0.355 e. The van der Waals surface area contributed by atoms with Crippen LogP contribution in [0.1, 0.15) is 23.6 Å². The number of para-hydroxylation sites is 1. The molecule has 0 aliphatic carbocycles. The Morgan fingerprint density at radius 1 is 0.971 bits per heavy atom. The van der Waals surface area contributed by atoms with E-state index in [1.807, 2.05) is 30.3 Å². The molecule has 3 aromatic rings. The number of nitro benzene ring substituents is 1. The molecule has 0 saturated carbocycles. The third kappa shape index (κ3) is 7.04. The van der Waals surface area contributed by atoms with Crippen molar-refractivity contribution in [2.24, 2.45) is 0 Å². The molecule has 0 radical (unpaired) electrons. The second kappa shape index (κ2) is 12.3. The summed E-state index contributed by atoms with van der Waals surface area (Å²) in [7, 11) is 0. The lowest BCUT2D eigenvalue weighted by Crippen LogP contribution is -2.51. The fourth-order valence-corrected chi connectivity index (χ4v) is 4.10. The Morgan fingerprint density at radius 2 is 1.66 bits per heavy atom. The van der Waals surface area contributed by atoms with Crippen molar-refractivity contribution in [2.75, 3.05) is 6.54 Å². The van der Waals surface area contributed by atoms with Crippen molar-refractivity contribution in [2.45, 2.75) is 32.4 Å². The molecule has 0 unspecified atom stereocenters. The zero-order valence-electron chi connectivity index (χ0n) is 19.1. The second-order valence-corrected chi connectivity index (χ2v) is 8.75. The van der Waals surface area contributed by atoms with Gasteiger partial charge in [-0.2, -0.15) is 0 Å². The van der Waals surface area contributed by atoms with Gasteiger partial charge in [0.15, 0.2) is 0 Å². The lowest BCUT2D eigenvalue weighted by molar-refractivity contribution is -0.385. The molecule has 0 aliphatic rings. The zero-order valence-corrected chi connectivity index (χ0v) is 20.6. The van der Waals surface area contributed by atoms with Crippen LogP contribution in [0.5, 0.6) is 0 Å². The van der Waals surface area contributed by atoms with Crippen molar-refractivity contribution in [3.8, 4) is 0 Å². The maximum atomic E-state index is 13.6. The lowest BCUT2D eigenvalue weighted by Gasteiger charge is -2.31. The number of amides is 2. The molecule has 0 saturated heterocycles. The number of benzene rings is 3. The molecule has 0 aliphatic heterocycles. The van der Waals surface area contributed by atoms with Gasteiger partial charge in [-0.1, -0.05) is 77.8 Å². The van der Waals surface area contributed by atoms with E-state index in [0.29, 0.717) is 22.2 Å². The normalized spacial score (nSPS) is 11.5. The van der Waals surface area contributed by atoms with Crippen LogP contribution in [0.4, 0.5) is 5.69 Å². The summed E-state index contributed by atoms with van der Waals surface area (Å²) in [6.07, 6.45) is 0.0415. The number of hydrogen-bond acceptors (Lipinski definition) is 4. The molecule has 7 nitrogen and oxygen atoms in total. The van der Waals surface area contributed by atoms with Crippen molar-refractivity contribution in [1.82, 2.24) is 10.2 Å². The monoisotopic (exact) mass is 513 g/mol. The smallest absolute Gasteiger partial charge is 0.273 e. The van der Waals surface area contributed by atoms with Gasteiger partial charge in [0, 0.05) is 31.1 Å². The minimum Gasteiger partial charge on any atom is -0.355 e. The lowest BCUT2D eigenvalue weighted by atomic mass is 10.0. The quantitative estimate of drug-likeness (QED) is 0.297. The SMILES string of the molecule is CCNC(=O)[C@@H](Cc1ccccc1)N(Cc1ccc(Cl)c(Cl)c1)C(=O)Cc1ccccc1[N+](=O)[O-]. The Labute approximate surface area is 213 Å². The van der Waals surface area contributed by atoms with Gasteiger partial charge in [-0.15, -0.1) is 0 Å². The van der Waals surface area contributed by atoms with E-state index in [1.54, 1.807) is 43.3 Å². The van der Waals surface area contributed by atoms with Crippen LogP contribution in [0.15, 0.2) is 72.8 Å². The van der Waals surface area contributed by atoms with Gasteiger partial charge in [0.25, 0.3) is 5.69 Å². The Morgan fingerprint density at radius 3 is 2.31 bits per heavy atom. The number of halogens is 2. The van der Waals surface area contributed by atoms with Gasteiger partial charge in [-0.25, -0.2) is 0 Å². The number of carbonyl (C=O) groups excluding carboxylic acids is 2. The first-order chi connectivity index (χ1) is 16.8. The Kier molecular flexibility index (Phi) is 9.23. The van der Waals surface area contributed by atoms with Crippen LogP contribution in [-0.2, 0) is 29.0 Å². The molecule has 9 heteroatoms. The third-order valence-electron chi connectivity index (χ3n) is 5.49. The van der Waals surface area contributed by atoms with E-state index in [4.69, 9.17) is 23.2 Å². The Balaban J connectivity index is 2.01. The van der Waals surface area contributed by atoms with Crippen LogP contribution in [0.3, 0.4) is 0 Å². The van der Waals surface area contributed by atoms with Gasteiger partial charge >= 0.3 is 0 Å². The third-order valence-corrected chi connectivity index (χ3v) is 6.23. The molecule has 0 aromatic heterocycles. The summed E-state index contributed by atoms with van der Waals surface area (Å²) in [6, 6.07) is 19.6. The van der Waals surface area contributed by atoms with Gasteiger partial charge in [0.05, 0.1) is 21.4 Å². The van der Waals surface area contributed by atoms with Crippen molar-refractivity contribution < 1.29 is 14.5 Å². The highest BCUT2D eigenvalue weighted by atomic mass is 35.5. The molecule has 1 N–H and O–H groups in total. The molecule has 0 spiro atoms. The van der Waals surface area contributed by atoms with Crippen LogP contribution in [-0.4, -0.2) is 34.2 Å². The maximum absolute atomic E-state index is 13.6. The average Bonchev–Trinajstić information content (AvgIpc) is 2.84. The van der Waals surface area contributed by atoms with E-state index in [2.05, 4.69) is 5.32 Å². The molecule has 0 heterocycles. The van der Waals surface area contributed by atoms with E-state index >= 15 is 0 Å². The summed E-state index contributed by atoms with van der Waals surface area (Å²) in [5.74, 6) is -0.732. The predicted molar refractivity (Wildman–Crippen MR) is 136 cm³/mol. The molecule has 0 fully saturated rings. The minimum atomic E-state index is -0.845. The van der Waals surface area contributed by atoms with Gasteiger partial charge in [-0.3, -0.25) is 19.7 Å². The first-order valence-electron chi connectivity index (χ1n) is 11.1. The van der Waals surface area contributed by atoms with Crippen LogP contribution < -0.4 is 5.32 Å². The van der Waals surface area contributed by atoms with E-state index in [0.717, 1.165) is 5.56 Å². The Hall–Kier alpha value is -3.42. The van der Waals surface area contributed by atoms with Crippen molar-refractivity contribution in [1.29, 1.82) is 0 Å². The molecular weight excluding hydrogens is 489 g/mol. The predicted octanol–water partition coefficient (Wildman–Crippen LogP) is 5.22. The summed E-state index contributed by atoms with van der Waals surface area (Å²) in [5, 5.41) is 15.0. The van der Waals surface area contributed by atoms with Crippen LogP contribution in [0, 0.1) is 10.1 Å². The number of nitrogens with one attached hydrogen (secondary N) is 1. The highest BCUT2D eigenvalue weighted by Gasteiger charge is 2.31. The molecular formula is C26H25Cl2N3O4. The van der Waals surface area contributed by atoms with Gasteiger partial charge in [0.2, 0.25) is 11.8 Å². The molecule has 2 amide bonds. The summed E-state index contributed by atoms with van der Waals surface area (Å²) in [5.41, 5.74) is 1.68. The second-order valence-electron chi connectivity index (χ2n) is 7.93. The van der Waals surface area contributed by atoms with Gasteiger partial charge in [-0.05, 0) is 30.2 Å². The highest BCUT2D eigenvalue weighted by Crippen LogP contribution is 2.25. The maximum Gasteiger partial charge on any atom is 0.273 e. The fourth-order valence-electron chi connectivity index (χ4n) is 3.78. The Bertz CT molecular complexity index is 1200. The number of carbonyl (C=O) groups is 2. The van der Waals surface area contributed by atoms with E-state index < -0.39 is 16.9 Å². The first-order valence-corrected chi connectivity index (χ1v) is 11.8. The number of nitro groups is 1. The average molecular weight is 514 g/mol. The van der Waals surface area contributed by atoms with Crippen molar-refractivity contribution >= 4 is 40.7 Å². The summed E-state index contributed by atoms with van der Waals surface area (Å²) in [4.78, 5) is 39.2. The van der Waals surface area contributed by atoms with Crippen molar-refractivity contribution in [3.05, 3.63) is 110 Å². The topological polar surface area (TPSA) is 92.6 Å². The number of nitrogens with zero attached hydrogens (tertiary/aromatic N) is 2. The molecule has 0 bridgehead atoms. The van der Waals surface area contributed by atoms with E-state index in [9.17, 15) is 19.7 Å². The molecule has 1 atom stereocenters. The van der Waals surface area contributed by atoms with Crippen LogP contribution in [0.25, 0.3) is 0 Å². The van der Waals surface area contributed by atoms with Crippen LogP contribution >= 0.6 is 23.2 Å². The molecule has 3 aromatic carbocycles. The zero-order chi connectivity index (χ0) is 25.4. The van der Waals surface area contributed by atoms with Gasteiger partial charge in [0.1, 0.15) is 6.04 Å². The van der Waals surface area contributed by atoms with E-state index in [-0.39, 0.29) is 36.5 Å². The first kappa shape index (κ1) is 26.2. The summed E-state index contributed by atoms with van der Waals surface area (Å²) < 4.78 is 0. The highest BCUT2D eigenvalue weighted by molar-refractivity contribution is 6.42. The van der Waals surface area contributed by atoms with Crippen LogP contribution in [0.2, 0.25) is 10.0 Å². The standard InChI is InChI=1S/C26H25Cl2N3O4/c1-2-29-26(33)24(15-18-8-4-3-5-9-18)30(17-19-12-13-21(27)22(28)14-19)25(32)16-20-10-6-7-11-23(20)31(34)35/h3-14,24H,2,15-17H2,1H3,(H,29,33)/t24-/m1/s1. The number of hydrogen-bond donors (Lipinski definition) is 1.